The molecule has 2 nitrogen and oxygen atoms in total. The van der Waals surface area contributed by atoms with Crippen molar-refractivity contribution in [2.45, 2.75) is 12.5 Å². The first-order valence-electron chi connectivity index (χ1n) is 5.36. The first-order chi connectivity index (χ1) is 8.20. The molecular formula is C13H13Cl2NO. The van der Waals surface area contributed by atoms with E-state index in [1.165, 1.54) is 0 Å². The number of hydrogen-bond acceptors (Lipinski definition) is 2. The molecule has 0 aliphatic carbocycles. The van der Waals surface area contributed by atoms with Gasteiger partial charge in [0.15, 0.2) is 5.22 Å². The number of likely N-dealkylation sites (N-methyl/N-ethyl adjacent to an activating group) is 1. The number of benzene rings is 1. The fraction of sp³-hybridized carbons (Fsp3) is 0.231. The van der Waals surface area contributed by atoms with E-state index in [9.17, 15) is 0 Å². The summed E-state index contributed by atoms with van der Waals surface area (Å²) >= 11 is 11.9. The molecule has 17 heavy (non-hydrogen) atoms. The minimum Gasteiger partial charge on any atom is -0.448 e. The van der Waals surface area contributed by atoms with Crippen LogP contribution < -0.4 is 5.32 Å². The zero-order valence-electron chi connectivity index (χ0n) is 9.41. The highest BCUT2D eigenvalue weighted by molar-refractivity contribution is 6.31. The third kappa shape index (κ3) is 3.03. The van der Waals surface area contributed by atoms with Gasteiger partial charge in [-0.15, -0.1) is 0 Å². The smallest absolute Gasteiger partial charge is 0.193 e. The molecule has 0 fully saturated rings. The Morgan fingerprint density at radius 2 is 1.94 bits per heavy atom. The SMILES string of the molecule is CNC(Cc1ccccc1Cl)c1ccc(Cl)o1. The lowest BCUT2D eigenvalue weighted by Gasteiger charge is -2.14. The van der Waals surface area contributed by atoms with Crippen molar-refractivity contribution in [1.29, 1.82) is 0 Å². The van der Waals surface area contributed by atoms with E-state index in [-0.39, 0.29) is 6.04 Å². The fourth-order valence-corrected chi connectivity index (χ4v) is 2.11. The molecule has 4 heteroatoms. The van der Waals surface area contributed by atoms with Crippen molar-refractivity contribution >= 4 is 23.2 Å². The van der Waals surface area contributed by atoms with Crippen molar-refractivity contribution in [1.82, 2.24) is 5.32 Å². The normalized spacial score (nSPS) is 12.6. The summed E-state index contributed by atoms with van der Waals surface area (Å²) in [5.74, 6) is 0.817. The standard InChI is InChI=1S/C13H13Cl2NO/c1-16-11(12-6-7-13(15)17-12)8-9-4-2-3-5-10(9)14/h2-7,11,16H,8H2,1H3. The third-order valence-electron chi connectivity index (χ3n) is 2.67. The van der Waals surface area contributed by atoms with Gasteiger partial charge in [0.2, 0.25) is 0 Å². The minimum absolute atomic E-state index is 0.0717. The Balaban J connectivity index is 2.18. The van der Waals surface area contributed by atoms with Crippen LogP contribution in [-0.4, -0.2) is 7.05 Å². The maximum absolute atomic E-state index is 6.13. The second kappa shape index (κ2) is 5.58. The lowest BCUT2D eigenvalue weighted by Crippen LogP contribution is -2.18. The summed E-state index contributed by atoms with van der Waals surface area (Å²) in [6, 6.07) is 11.5. The van der Waals surface area contributed by atoms with Gasteiger partial charge in [0.25, 0.3) is 0 Å². The fourth-order valence-electron chi connectivity index (χ4n) is 1.74. The van der Waals surface area contributed by atoms with E-state index in [0.29, 0.717) is 5.22 Å². The molecule has 2 rings (SSSR count). The molecule has 1 unspecified atom stereocenters. The van der Waals surface area contributed by atoms with Crippen LogP contribution in [0.4, 0.5) is 0 Å². The molecule has 0 aliphatic rings. The van der Waals surface area contributed by atoms with Gasteiger partial charge in [-0.05, 0) is 48.8 Å². The highest BCUT2D eigenvalue weighted by Crippen LogP contribution is 2.25. The molecule has 1 N–H and O–H groups in total. The van der Waals surface area contributed by atoms with E-state index in [4.69, 9.17) is 27.6 Å². The van der Waals surface area contributed by atoms with E-state index in [1.807, 2.05) is 37.4 Å². The van der Waals surface area contributed by atoms with Gasteiger partial charge < -0.3 is 9.73 Å². The van der Waals surface area contributed by atoms with Crippen molar-refractivity contribution in [2.24, 2.45) is 0 Å². The van der Waals surface area contributed by atoms with E-state index >= 15 is 0 Å². The molecule has 90 valence electrons. The summed E-state index contributed by atoms with van der Waals surface area (Å²) in [6.45, 7) is 0. The van der Waals surface area contributed by atoms with Crippen molar-refractivity contribution in [3.05, 3.63) is 58.0 Å². The van der Waals surface area contributed by atoms with Gasteiger partial charge >= 0.3 is 0 Å². The Hall–Kier alpha value is -0.960. The zero-order chi connectivity index (χ0) is 12.3. The molecule has 0 saturated carbocycles. The lowest BCUT2D eigenvalue weighted by atomic mass is 10.0. The van der Waals surface area contributed by atoms with Crippen molar-refractivity contribution in [3.63, 3.8) is 0 Å². The second-order valence-electron chi connectivity index (χ2n) is 3.78. The van der Waals surface area contributed by atoms with Gasteiger partial charge in [0.1, 0.15) is 5.76 Å². The Labute approximate surface area is 111 Å². The van der Waals surface area contributed by atoms with Crippen LogP contribution in [0, 0.1) is 0 Å². The molecule has 0 bridgehead atoms. The average Bonchev–Trinajstić information content (AvgIpc) is 2.75. The molecule has 0 radical (unpaired) electrons. The Bertz CT molecular complexity index is 496. The molecule has 1 aromatic carbocycles. The van der Waals surface area contributed by atoms with Crippen LogP contribution in [0.1, 0.15) is 17.4 Å². The van der Waals surface area contributed by atoms with Crippen LogP contribution in [0.3, 0.4) is 0 Å². The summed E-state index contributed by atoms with van der Waals surface area (Å²) in [4.78, 5) is 0. The van der Waals surface area contributed by atoms with Crippen LogP contribution in [0.2, 0.25) is 10.2 Å². The van der Waals surface area contributed by atoms with Gasteiger partial charge in [0.05, 0.1) is 6.04 Å². The molecule has 0 aliphatic heterocycles. The topological polar surface area (TPSA) is 25.2 Å². The molecule has 0 saturated heterocycles. The highest BCUT2D eigenvalue weighted by Gasteiger charge is 2.15. The van der Waals surface area contributed by atoms with Crippen LogP contribution >= 0.6 is 23.2 Å². The summed E-state index contributed by atoms with van der Waals surface area (Å²) < 4.78 is 5.41. The lowest BCUT2D eigenvalue weighted by molar-refractivity contribution is 0.430. The van der Waals surface area contributed by atoms with Crippen LogP contribution in [0.15, 0.2) is 40.8 Å². The van der Waals surface area contributed by atoms with Gasteiger partial charge in [-0.1, -0.05) is 29.8 Å². The quantitative estimate of drug-likeness (QED) is 0.905. The largest absolute Gasteiger partial charge is 0.448 e. The summed E-state index contributed by atoms with van der Waals surface area (Å²) in [7, 11) is 1.89. The first kappa shape index (κ1) is 12.5. The third-order valence-corrected chi connectivity index (χ3v) is 3.24. The van der Waals surface area contributed by atoms with Gasteiger partial charge in [-0.25, -0.2) is 0 Å². The molecule has 0 spiro atoms. The Morgan fingerprint density at radius 1 is 1.18 bits per heavy atom. The zero-order valence-corrected chi connectivity index (χ0v) is 10.9. The maximum atomic E-state index is 6.13. The molecular weight excluding hydrogens is 257 g/mol. The predicted octanol–water partition coefficient (Wildman–Crippen LogP) is 4.09. The number of halogens is 2. The maximum Gasteiger partial charge on any atom is 0.193 e. The van der Waals surface area contributed by atoms with E-state index < -0.39 is 0 Å². The van der Waals surface area contributed by atoms with E-state index in [2.05, 4.69) is 5.32 Å². The van der Waals surface area contributed by atoms with E-state index in [1.54, 1.807) is 6.07 Å². The first-order valence-corrected chi connectivity index (χ1v) is 6.12. The summed E-state index contributed by atoms with van der Waals surface area (Å²) in [5, 5.41) is 4.37. The van der Waals surface area contributed by atoms with Crippen molar-refractivity contribution in [3.8, 4) is 0 Å². The predicted molar refractivity (Wildman–Crippen MR) is 70.7 cm³/mol. The van der Waals surface area contributed by atoms with E-state index in [0.717, 1.165) is 22.8 Å². The molecule has 1 aromatic heterocycles. The summed E-state index contributed by atoms with van der Waals surface area (Å²) in [6.07, 6.45) is 0.764. The molecule has 1 atom stereocenters. The number of hydrogen-bond donors (Lipinski definition) is 1. The van der Waals surface area contributed by atoms with Crippen LogP contribution in [0.25, 0.3) is 0 Å². The number of nitrogens with one attached hydrogen (secondary N) is 1. The van der Waals surface area contributed by atoms with Gasteiger partial charge in [0, 0.05) is 5.02 Å². The van der Waals surface area contributed by atoms with Crippen LogP contribution in [-0.2, 0) is 6.42 Å². The molecule has 1 heterocycles. The van der Waals surface area contributed by atoms with Gasteiger partial charge in [-0.2, -0.15) is 0 Å². The monoisotopic (exact) mass is 269 g/mol. The Morgan fingerprint density at radius 3 is 2.53 bits per heavy atom. The average molecular weight is 270 g/mol. The molecule has 0 amide bonds. The number of furan rings is 1. The van der Waals surface area contributed by atoms with Crippen LogP contribution in [0.5, 0.6) is 0 Å². The minimum atomic E-state index is 0.0717. The van der Waals surface area contributed by atoms with Crippen molar-refractivity contribution in [2.75, 3.05) is 7.05 Å². The Kier molecular flexibility index (Phi) is 4.11. The second-order valence-corrected chi connectivity index (χ2v) is 4.56. The number of rotatable bonds is 4. The summed E-state index contributed by atoms with van der Waals surface area (Å²) in [5.41, 5.74) is 1.08. The molecule has 2 aromatic rings. The van der Waals surface area contributed by atoms with Gasteiger partial charge in [-0.3, -0.25) is 0 Å². The highest BCUT2D eigenvalue weighted by atomic mass is 35.5. The van der Waals surface area contributed by atoms with Crippen molar-refractivity contribution < 1.29 is 4.42 Å².